The number of rotatable bonds is 1. The minimum Gasteiger partial charge on any atom is -0.297 e. The van der Waals surface area contributed by atoms with Crippen molar-refractivity contribution in [2.75, 3.05) is 18.2 Å². The number of nitrogens with zero attached hydrogens (tertiary/aromatic N) is 1. The van der Waals surface area contributed by atoms with Crippen molar-refractivity contribution in [3.8, 4) is 0 Å². The molecular formula is C10H11NO2. The van der Waals surface area contributed by atoms with Crippen LogP contribution in [0.3, 0.4) is 0 Å². The first-order chi connectivity index (χ1) is 6.36. The molecule has 0 aliphatic carbocycles. The number of hydrogen-bond donors (Lipinski definition) is 0. The summed E-state index contributed by atoms with van der Waals surface area (Å²) in [6.07, 6.45) is 0.578. The van der Waals surface area contributed by atoms with Crippen molar-refractivity contribution in [2.24, 2.45) is 0 Å². The lowest BCUT2D eigenvalue weighted by Crippen LogP contribution is -2.34. The molecule has 1 aromatic rings. The molecule has 13 heavy (non-hydrogen) atoms. The monoisotopic (exact) mass is 177 g/mol. The summed E-state index contributed by atoms with van der Waals surface area (Å²) in [6, 6.07) is 9.80. The molecule has 0 bridgehead atoms. The maximum atomic E-state index is 10.9. The summed E-state index contributed by atoms with van der Waals surface area (Å²) in [5, 5.41) is 1.77. The quantitative estimate of drug-likeness (QED) is 0.649. The van der Waals surface area contributed by atoms with Crippen LogP contribution in [0.25, 0.3) is 0 Å². The highest BCUT2D eigenvalue weighted by Gasteiger charge is 2.16. The highest BCUT2D eigenvalue weighted by Crippen LogP contribution is 2.16. The lowest BCUT2D eigenvalue weighted by atomic mass is 10.2. The van der Waals surface area contributed by atoms with Gasteiger partial charge in [-0.05, 0) is 12.1 Å². The molecule has 1 aliphatic rings. The molecular weight excluding hydrogens is 166 g/mol. The average molecular weight is 177 g/mol. The molecule has 0 saturated carbocycles. The van der Waals surface area contributed by atoms with Crippen molar-refractivity contribution in [3.63, 3.8) is 0 Å². The summed E-state index contributed by atoms with van der Waals surface area (Å²) < 4.78 is 0. The third-order valence-corrected chi connectivity index (χ3v) is 2.02. The maximum Gasteiger partial charge on any atom is 0.163 e. The number of ketones is 1. The molecule has 2 rings (SSSR count). The van der Waals surface area contributed by atoms with E-state index in [1.54, 1.807) is 5.06 Å². The largest absolute Gasteiger partial charge is 0.297 e. The molecule has 1 saturated heterocycles. The van der Waals surface area contributed by atoms with Crippen molar-refractivity contribution in [1.29, 1.82) is 0 Å². The number of carbonyl (C=O) groups excluding carboxylic acids is 1. The summed E-state index contributed by atoms with van der Waals surface area (Å²) >= 11 is 0. The molecule has 0 unspecified atom stereocenters. The maximum absolute atomic E-state index is 10.9. The summed E-state index contributed by atoms with van der Waals surface area (Å²) in [5.41, 5.74) is 1.01. The number of Topliss-reactive ketones (excluding diaryl/α,β-unsaturated/α-hetero) is 1. The van der Waals surface area contributed by atoms with E-state index in [0.29, 0.717) is 13.0 Å². The Morgan fingerprint density at radius 3 is 2.62 bits per heavy atom. The van der Waals surface area contributed by atoms with E-state index in [4.69, 9.17) is 4.84 Å². The number of para-hydroxylation sites is 1. The second kappa shape index (κ2) is 3.58. The first kappa shape index (κ1) is 8.26. The number of benzene rings is 1. The lowest BCUT2D eigenvalue weighted by Gasteiger charge is -2.26. The zero-order chi connectivity index (χ0) is 9.10. The predicted octanol–water partition coefficient (Wildman–Crippen LogP) is 1.40. The fourth-order valence-electron chi connectivity index (χ4n) is 1.31. The van der Waals surface area contributed by atoms with Crippen LogP contribution in [0.1, 0.15) is 6.42 Å². The van der Waals surface area contributed by atoms with Gasteiger partial charge in [-0.3, -0.25) is 14.7 Å². The molecule has 0 radical (unpaired) electrons. The van der Waals surface area contributed by atoms with E-state index in [1.807, 2.05) is 30.3 Å². The molecule has 3 nitrogen and oxygen atoms in total. The minimum absolute atomic E-state index is 0.173. The molecule has 0 spiro atoms. The van der Waals surface area contributed by atoms with Gasteiger partial charge in [-0.2, -0.15) is 0 Å². The van der Waals surface area contributed by atoms with E-state index >= 15 is 0 Å². The van der Waals surface area contributed by atoms with Crippen LogP contribution < -0.4 is 5.06 Å². The van der Waals surface area contributed by atoms with E-state index in [0.717, 1.165) is 5.69 Å². The highest BCUT2D eigenvalue weighted by atomic mass is 16.7. The Hall–Kier alpha value is -1.35. The molecule has 1 aliphatic heterocycles. The van der Waals surface area contributed by atoms with E-state index < -0.39 is 0 Å². The fraction of sp³-hybridized carbons (Fsp3) is 0.300. The van der Waals surface area contributed by atoms with Crippen LogP contribution in [0.15, 0.2) is 30.3 Å². The third-order valence-electron chi connectivity index (χ3n) is 2.02. The molecule has 1 aromatic carbocycles. The topological polar surface area (TPSA) is 29.5 Å². The molecule has 1 fully saturated rings. The summed E-state index contributed by atoms with van der Waals surface area (Å²) in [4.78, 5) is 16.1. The Labute approximate surface area is 76.9 Å². The number of carbonyl (C=O) groups is 1. The lowest BCUT2D eigenvalue weighted by molar-refractivity contribution is -0.127. The number of hydroxylamine groups is 1. The SMILES string of the molecule is O=C1CCN(c2ccccc2)OC1. The summed E-state index contributed by atoms with van der Waals surface area (Å²) in [6.45, 7) is 0.859. The molecule has 3 heteroatoms. The molecule has 1 heterocycles. The Morgan fingerprint density at radius 1 is 1.23 bits per heavy atom. The number of anilines is 1. The highest BCUT2D eigenvalue weighted by molar-refractivity contribution is 5.81. The first-order valence-corrected chi connectivity index (χ1v) is 4.33. The first-order valence-electron chi connectivity index (χ1n) is 4.33. The van der Waals surface area contributed by atoms with Gasteiger partial charge in [0.15, 0.2) is 5.78 Å². The standard InChI is InChI=1S/C10H11NO2/c12-10-6-7-11(13-8-10)9-4-2-1-3-5-9/h1-5H,6-8H2. The summed E-state index contributed by atoms with van der Waals surface area (Å²) in [5.74, 6) is 0.173. The van der Waals surface area contributed by atoms with E-state index in [1.165, 1.54) is 0 Å². The second-order valence-electron chi connectivity index (χ2n) is 3.00. The number of hydrogen-bond acceptors (Lipinski definition) is 3. The Bertz CT molecular complexity index is 287. The van der Waals surface area contributed by atoms with E-state index in [-0.39, 0.29) is 12.4 Å². The van der Waals surface area contributed by atoms with E-state index in [2.05, 4.69) is 0 Å². The van der Waals surface area contributed by atoms with Crippen LogP contribution in [0.4, 0.5) is 5.69 Å². The zero-order valence-corrected chi connectivity index (χ0v) is 7.27. The van der Waals surface area contributed by atoms with Gasteiger partial charge in [0.1, 0.15) is 6.61 Å². The van der Waals surface area contributed by atoms with Crippen LogP contribution in [0.2, 0.25) is 0 Å². The average Bonchev–Trinajstić information content (AvgIpc) is 2.20. The molecule has 0 atom stereocenters. The van der Waals surface area contributed by atoms with Crippen molar-refractivity contribution in [2.45, 2.75) is 6.42 Å². The minimum atomic E-state index is 0.173. The Balaban J connectivity index is 2.07. The van der Waals surface area contributed by atoms with Gasteiger partial charge in [0, 0.05) is 6.42 Å². The molecule has 0 N–H and O–H groups in total. The van der Waals surface area contributed by atoms with E-state index in [9.17, 15) is 4.79 Å². The van der Waals surface area contributed by atoms with Gasteiger partial charge in [0.25, 0.3) is 0 Å². The molecule has 0 amide bonds. The third kappa shape index (κ3) is 1.87. The molecule has 68 valence electrons. The van der Waals surface area contributed by atoms with Crippen LogP contribution in [0.5, 0.6) is 0 Å². The Morgan fingerprint density at radius 2 is 2.00 bits per heavy atom. The smallest absolute Gasteiger partial charge is 0.163 e. The second-order valence-corrected chi connectivity index (χ2v) is 3.00. The van der Waals surface area contributed by atoms with Crippen molar-refractivity contribution >= 4 is 11.5 Å². The Kier molecular flexibility index (Phi) is 2.27. The molecule has 0 aromatic heterocycles. The van der Waals surface area contributed by atoms with Crippen LogP contribution in [0, 0.1) is 0 Å². The fourth-order valence-corrected chi connectivity index (χ4v) is 1.31. The van der Waals surface area contributed by atoms with Crippen molar-refractivity contribution in [3.05, 3.63) is 30.3 Å². The van der Waals surface area contributed by atoms with Gasteiger partial charge >= 0.3 is 0 Å². The van der Waals surface area contributed by atoms with Crippen molar-refractivity contribution < 1.29 is 9.63 Å². The normalized spacial score (nSPS) is 17.5. The van der Waals surface area contributed by atoms with Crippen LogP contribution in [-0.2, 0) is 9.63 Å². The van der Waals surface area contributed by atoms with Crippen LogP contribution >= 0.6 is 0 Å². The van der Waals surface area contributed by atoms with Gasteiger partial charge in [-0.15, -0.1) is 0 Å². The summed E-state index contributed by atoms with van der Waals surface area (Å²) in [7, 11) is 0. The van der Waals surface area contributed by atoms with Gasteiger partial charge in [0.05, 0.1) is 12.2 Å². The predicted molar refractivity (Wildman–Crippen MR) is 49.4 cm³/mol. The van der Waals surface area contributed by atoms with Gasteiger partial charge in [-0.1, -0.05) is 18.2 Å². The van der Waals surface area contributed by atoms with Gasteiger partial charge in [0.2, 0.25) is 0 Å². The van der Waals surface area contributed by atoms with Gasteiger partial charge < -0.3 is 0 Å². The van der Waals surface area contributed by atoms with Gasteiger partial charge in [-0.25, -0.2) is 0 Å². The zero-order valence-electron chi connectivity index (χ0n) is 7.27. The van der Waals surface area contributed by atoms with Crippen molar-refractivity contribution in [1.82, 2.24) is 0 Å². The van der Waals surface area contributed by atoms with Crippen LogP contribution in [-0.4, -0.2) is 18.9 Å².